The first-order valence-electron chi connectivity index (χ1n) is 3.04. The molecule has 2 N–H and O–H groups in total. The third-order valence-corrected chi connectivity index (χ3v) is 1.37. The van der Waals surface area contributed by atoms with Gasteiger partial charge in [0.15, 0.2) is 0 Å². The van der Waals surface area contributed by atoms with E-state index in [2.05, 4.69) is 5.18 Å². The van der Waals surface area contributed by atoms with E-state index in [0.29, 0.717) is 5.56 Å². The SMILES string of the molecule is O=Nc1cccc(CO)c1O. The maximum absolute atomic E-state index is 10.0. The smallest absolute Gasteiger partial charge is 0.150 e. The summed E-state index contributed by atoms with van der Waals surface area (Å²) in [6.45, 7) is -0.296. The molecule has 0 bridgehead atoms. The zero-order valence-corrected chi connectivity index (χ0v) is 5.69. The van der Waals surface area contributed by atoms with Crippen LogP contribution in [0.2, 0.25) is 0 Å². The molecule has 11 heavy (non-hydrogen) atoms. The molecule has 0 unspecified atom stereocenters. The van der Waals surface area contributed by atoms with Crippen LogP contribution in [0.4, 0.5) is 5.69 Å². The summed E-state index contributed by atoms with van der Waals surface area (Å²) in [4.78, 5) is 10.0. The van der Waals surface area contributed by atoms with E-state index in [0.717, 1.165) is 0 Å². The highest BCUT2D eigenvalue weighted by molar-refractivity contribution is 5.54. The Hall–Kier alpha value is -1.42. The molecule has 0 saturated carbocycles. The number of nitrogens with zero attached hydrogens (tertiary/aromatic N) is 1. The van der Waals surface area contributed by atoms with Crippen molar-refractivity contribution < 1.29 is 10.2 Å². The van der Waals surface area contributed by atoms with E-state index in [1.165, 1.54) is 12.1 Å². The van der Waals surface area contributed by atoms with Gasteiger partial charge < -0.3 is 10.2 Å². The number of rotatable bonds is 2. The number of hydrogen-bond donors (Lipinski definition) is 2. The molecule has 1 aromatic carbocycles. The van der Waals surface area contributed by atoms with E-state index in [1.54, 1.807) is 6.07 Å². The van der Waals surface area contributed by atoms with E-state index < -0.39 is 0 Å². The van der Waals surface area contributed by atoms with Gasteiger partial charge in [0.05, 0.1) is 6.61 Å². The van der Waals surface area contributed by atoms with Gasteiger partial charge in [0.1, 0.15) is 11.4 Å². The number of phenols is 1. The topological polar surface area (TPSA) is 69.9 Å². The maximum Gasteiger partial charge on any atom is 0.150 e. The van der Waals surface area contributed by atoms with Crippen LogP contribution in [0, 0.1) is 4.91 Å². The molecule has 4 heteroatoms. The number of nitroso groups, excluding NO2 is 1. The van der Waals surface area contributed by atoms with E-state index in [4.69, 9.17) is 10.2 Å². The fourth-order valence-electron chi connectivity index (χ4n) is 0.779. The van der Waals surface area contributed by atoms with Crippen molar-refractivity contribution in [2.24, 2.45) is 5.18 Å². The molecule has 0 aromatic heterocycles. The van der Waals surface area contributed by atoms with Gasteiger partial charge in [-0.15, -0.1) is 4.91 Å². The molecule has 1 aromatic rings. The Balaban J connectivity index is 3.20. The Bertz CT molecular complexity index is 272. The molecule has 0 spiro atoms. The second-order valence-electron chi connectivity index (χ2n) is 2.03. The Morgan fingerprint density at radius 1 is 1.45 bits per heavy atom. The monoisotopic (exact) mass is 153 g/mol. The van der Waals surface area contributed by atoms with Crippen molar-refractivity contribution in [3.8, 4) is 5.75 Å². The van der Waals surface area contributed by atoms with Gasteiger partial charge in [-0.3, -0.25) is 0 Å². The van der Waals surface area contributed by atoms with Crippen molar-refractivity contribution in [1.82, 2.24) is 0 Å². The number of hydrogen-bond acceptors (Lipinski definition) is 4. The van der Waals surface area contributed by atoms with E-state index >= 15 is 0 Å². The second kappa shape index (κ2) is 3.12. The minimum absolute atomic E-state index is 0.0449. The number of aliphatic hydroxyl groups excluding tert-OH is 1. The highest BCUT2D eigenvalue weighted by Gasteiger charge is 2.04. The van der Waals surface area contributed by atoms with Gasteiger partial charge in [-0.2, -0.15) is 0 Å². The number of aromatic hydroxyl groups is 1. The van der Waals surface area contributed by atoms with E-state index in [9.17, 15) is 4.91 Å². The first-order chi connectivity index (χ1) is 5.29. The van der Waals surface area contributed by atoms with E-state index in [-0.39, 0.29) is 18.0 Å². The summed E-state index contributed by atoms with van der Waals surface area (Å²) in [5.41, 5.74) is 0.263. The first-order valence-corrected chi connectivity index (χ1v) is 3.04. The second-order valence-corrected chi connectivity index (χ2v) is 2.03. The quantitative estimate of drug-likeness (QED) is 0.629. The zero-order valence-electron chi connectivity index (χ0n) is 5.69. The summed E-state index contributed by atoms with van der Waals surface area (Å²) in [5.74, 6) is -0.245. The lowest BCUT2D eigenvalue weighted by Gasteiger charge is -2.00. The molecule has 0 aliphatic carbocycles. The molecule has 4 nitrogen and oxygen atoms in total. The predicted octanol–water partition coefficient (Wildman–Crippen LogP) is 1.28. The van der Waals surface area contributed by atoms with Crippen molar-refractivity contribution in [2.75, 3.05) is 0 Å². The van der Waals surface area contributed by atoms with Gasteiger partial charge >= 0.3 is 0 Å². The maximum atomic E-state index is 10.0. The third kappa shape index (κ3) is 1.35. The molecule has 58 valence electrons. The summed E-state index contributed by atoms with van der Waals surface area (Å²) in [6, 6.07) is 4.44. The number of para-hydroxylation sites is 1. The molecule has 0 radical (unpaired) electrons. The first kappa shape index (κ1) is 7.68. The lowest BCUT2D eigenvalue weighted by atomic mass is 10.2. The predicted molar refractivity (Wildman–Crippen MR) is 39.5 cm³/mol. The Labute approximate surface area is 63.1 Å². The van der Waals surface area contributed by atoms with Crippen LogP contribution in [0.15, 0.2) is 23.4 Å². The van der Waals surface area contributed by atoms with Crippen LogP contribution >= 0.6 is 0 Å². The normalized spacial score (nSPS) is 9.55. The average molecular weight is 153 g/mol. The molecule has 0 aliphatic heterocycles. The van der Waals surface area contributed by atoms with E-state index in [1.807, 2.05) is 0 Å². The summed E-state index contributed by atoms with van der Waals surface area (Å²) in [6.07, 6.45) is 0. The molecular formula is C7H7NO3. The Morgan fingerprint density at radius 3 is 2.73 bits per heavy atom. The Kier molecular flexibility index (Phi) is 2.18. The molecule has 0 atom stereocenters. The molecule has 0 heterocycles. The van der Waals surface area contributed by atoms with Crippen molar-refractivity contribution in [3.05, 3.63) is 28.7 Å². The lowest BCUT2D eigenvalue weighted by Crippen LogP contribution is -1.82. The van der Waals surface area contributed by atoms with Crippen LogP contribution < -0.4 is 0 Å². The number of benzene rings is 1. The molecule has 0 fully saturated rings. The van der Waals surface area contributed by atoms with Crippen molar-refractivity contribution in [2.45, 2.75) is 6.61 Å². The molecule has 1 rings (SSSR count). The fraction of sp³-hybridized carbons (Fsp3) is 0.143. The van der Waals surface area contributed by atoms with Crippen molar-refractivity contribution in [3.63, 3.8) is 0 Å². The van der Waals surface area contributed by atoms with Crippen LogP contribution in [-0.4, -0.2) is 10.2 Å². The third-order valence-electron chi connectivity index (χ3n) is 1.37. The summed E-state index contributed by atoms with van der Waals surface area (Å²) in [5, 5.41) is 20.3. The van der Waals surface area contributed by atoms with Gasteiger partial charge in [-0.25, -0.2) is 0 Å². The highest BCUT2D eigenvalue weighted by atomic mass is 16.3. The van der Waals surface area contributed by atoms with Gasteiger partial charge in [0, 0.05) is 5.56 Å². The highest BCUT2D eigenvalue weighted by Crippen LogP contribution is 2.29. The molecule has 0 aliphatic rings. The minimum Gasteiger partial charge on any atom is -0.505 e. The molecule has 0 saturated heterocycles. The zero-order chi connectivity index (χ0) is 8.27. The fourth-order valence-corrected chi connectivity index (χ4v) is 0.779. The van der Waals surface area contributed by atoms with Gasteiger partial charge in [-0.05, 0) is 11.2 Å². The van der Waals surface area contributed by atoms with Crippen LogP contribution in [-0.2, 0) is 6.61 Å². The van der Waals surface area contributed by atoms with Gasteiger partial charge in [0.2, 0.25) is 0 Å². The van der Waals surface area contributed by atoms with Crippen molar-refractivity contribution >= 4 is 5.69 Å². The van der Waals surface area contributed by atoms with Crippen LogP contribution in [0.25, 0.3) is 0 Å². The lowest BCUT2D eigenvalue weighted by molar-refractivity contribution is 0.275. The number of aliphatic hydroxyl groups is 1. The summed E-state index contributed by atoms with van der Waals surface area (Å²) < 4.78 is 0. The largest absolute Gasteiger partial charge is 0.505 e. The van der Waals surface area contributed by atoms with Crippen molar-refractivity contribution in [1.29, 1.82) is 0 Å². The van der Waals surface area contributed by atoms with Gasteiger partial charge in [0.25, 0.3) is 0 Å². The molecular weight excluding hydrogens is 146 g/mol. The standard InChI is InChI=1S/C7H7NO3/c9-4-5-2-1-3-6(8-11)7(5)10/h1-3,9-10H,4H2. The van der Waals surface area contributed by atoms with Crippen LogP contribution in [0.1, 0.15) is 5.56 Å². The van der Waals surface area contributed by atoms with Crippen LogP contribution in [0.3, 0.4) is 0 Å². The summed E-state index contributed by atoms with van der Waals surface area (Å²) >= 11 is 0. The van der Waals surface area contributed by atoms with Gasteiger partial charge in [-0.1, -0.05) is 12.1 Å². The average Bonchev–Trinajstić information content (AvgIpc) is 2.05. The minimum atomic E-state index is -0.296. The Morgan fingerprint density at radius 2 is 2.18 bits per heavy atom. The van der Waals surface area contributed by atoms with Crippen LogP contribution in [0.5, 0.6) is 5.75 Å². The molecule has 0 amide bonds. The summed E-state index contributed by atoms with van der Waals surface area (Å²) in [7, 11) is 0.